The first kappa shape index (κ1) is 18.1. The van der Waals surface area contributed by atoms with Crippen LogP contribution in [0.15, 0.2) is 42.5 Å². The van der Waals surface area contributed by atoms with Crippen molar-refractivity contribution in [1.29, 1.82) is 0 Å². The summed E-state index contributed by atoms with van der Waals surface area (Å²) < 4.78 is 0. The molecule has 1 aliphatic carbocycles. The number of rotatable bonds is 4. The fourth-order valence-corrected chi connectivity index (χ4v) is 3.71. The molecular weight excluding hydrogens is 326 g/mol. The summed E-state index contributed by atoms with van der Waals surface area (Å²) in [5.74, 6) is 1.62. The van der Waals surface area contributed by atoms with Crippen LogP contribution in [-0.2, 0) is 0 Å². The molecule has 132 valence electrons. The predicted molar refractivity (Wildman–Crippen MR) is 111 cm³/mol. The molecule has 1 aliphatic rings. The standard InChI is InChI=1S/C23H28ClN/c1-4-17(3)21-15-23(19-10-12-20(24)13-11-19)25-22(21)14-9-18-7-5-16(2)6-8-18/h4,9-16,18,25H,5-8H2,1-3H3/b14-9-,17-4?. The molecule has 1 nitrogen and oxygen atoms in total. The summed E-state index contributed by atoms with van der Waals surface area (Å²) >= 11 is 6.02. The van der Waals surface area contributed by atoms with Crippen LogP contribution in [0.25, 0.3) is 22.9 Å². The Morgan fingerprint density at radius 1 is 1.12 bits per heavy atom. The van der Waals surface area contributed by atoms with Crippen LogP contribution in [0.5, 0.6) is 0 Å². The smallest absolute Gasteiger partial charge is 0.0464 e. The zero-order valence-corrected chi connectivity index (χ0v) is 16.2. The molecule has 1 aromatic heterocycles. The third-order valence-electron chi connectivity index (χ3n) is 5.46. The number of nitrogens with one attached hydrogen (secondary N) is 1. The first-order chi connectivity index (χ1) is 12.1. The number of aromatic amines is 1. The zero-order valence-electron chi connectivity index (χ0n) is 15.5. The molecule has 0 atom stereocenters. The van der Waals surface area contributed by atoms with Gasteiger partial charge in [0.05, 0.1) is 0 Å². The molecule has 1 aromatic carbocycles. The van der Waals surface area contributed by atoms with Gasteiger partial charge in [-0.1, -0.05) is 55.7 Å². The van der Waals surface area contributed by atoms with Crippen LogP contribution in [0, 0.1) is 11.8 Å². The number of H-pyrrole nitrogens is 1. The fraction of sp³-hybridized carbons (Fsp3) is 0.391. The third kappa shape index (κ3) is 4.46. The largest absolute Gasteiger partial charge is 0.355 e. The molecule has 3 rings (SSSR count). The number of hydrogen-bond donors (Lipinski definition) is 1. The van der Waals surface area contributed by atoms with Crippen molar-refractivity contribution in [1.82, 2.24) is 4.98 Å². The lowest BCUT2D eigenvalue weighted by Gasteiger charge is -2.23. The van der Waals surface area contributed by atoms with Crippen LogP contribution >= 0.6 is 11.6 Å². The Hall–Kier alpha value is -1.73. The van der Waals surface area contributed by atoms with Gasteiger partial charge in [0.25, 0.3) is 0 Å². The second-order valence-electron chi connectivity index (χ2n) is 7.37. The minimum atomic E-state index is 0.720. The van der Waals surface area contributed by atoms with Gasteiger partial charge < -0.3 is 4.98 Å². The van der Waals surface area contributed by atoms with Gasteiger partial charge in [-0.25, -0.2) is 0 Å². The maximum Gasteiger partial charge on any atom is 0.0464 e. The van der Waals surface area contributed by atoms with Gasteiger partial charge in [-0.05, 0) is 73.9 Å². The lowest BCUT2D eigenvalue weighted by molar-refractivity contribution is 0.331. The lowest BCUT2D eigenvalue weighted by atomic mass is 9.83. The van der Waals surface area contributed by atoms with E-state index in [9.17, 15) is 0 Å². The van der Waals surface area contributed by atoms with Gasteiger partial charge in [0.1, 0.15) is 0 Å². The summed E-state index contributed by atoms with van der Waals surface area (Å²) in [5.41, 5.74) is 6.10. The Morgan fingerprint density at radius 3 is 2.44 bits per heavy atom. The van der Waals surface area contributed by atoms with Crippen LogP contribution in [-0.4, -0.2) is 4.98 Å². The molecule has 2 heteroatoms. The average Bonchev–Trinajstić information content (AvgIpc) is 3.05. The van der Waals surface area contributed by atoms with Gasteiger partial charge in [-0.3, -0.25) is 0 Å². The van der Waals surface area contributed by atoms with Crippen LogP contribution in [0.3, 0.4) is 0 Å². The van der Waals surface area contributed by atoms with Crippen LogP contribution in [0.4, 0.5) is 0 Å². The van der Waals surface area contributed by atoms with E-state index in [0.29, 0.717) is 0 Å². The molecule has 1 saturated carbocycles. The van der Waals surface area contributed by atoms with Crippen molar-refractivity contribution in [2.75, 3.05) is 0 Å². The second-order valence-corrected chi connectivity index (χ2v) is 7.80. The van der Waals surface area contributed by atoms with E-state index in [-0.39, 0.29) is 0 Å². The van der Waals surface area contributed by atoms with Crippen molar-refractivity contribution in [3.8, 4) is 11.3 Å². The zero-order chi connectivity index (χ0) is 17.8. The topological polar surface area (TPSA) is 15.8 Å². The van der Waals surface area contributed by atoms with Gasteiger partial charge in [0, 0.05) is 22.0 Å². The number of aromatic nitrogens is 1. The first-order valence-electron chi connectivity index (χ1n) is 9.37. The summed E-state index contributed by atoms with van der Waals surface area (Å²) in [7, 11) is 0. The molecule has 1 heterocycles. The van der Waals surface area contributed by atoms with E-state index in [4.69, 9.17) is 11.6 Å². The van der Waals surface area contributed by atoms with Crippen molar-refractivity contribution >= 4 is 23.3 Å². The van der Waals surface area contributed by atoms with Crippen molar-refractivity contribution in [3.63, 3.8) is 0 Å². The van der Waals surface area contributed by atoms with E-state index in [1.165, 1.54) is 48.1 Å². The van der Waals surface area contributed by atoms with Crippen LogP contribution in [0.2, 0.25) is 5.02 Å². The van der Waals surface area contributed by atoms with Crippen molar-refractivity contribution in [2.45, 2.75) is 46.5 Å². The van der Waals surface area contributed by atoms with E-state index in [1.54, 1.807) is 0 Å². The molecule has 0 saturated heterocycles. The summed E-state index contributed by atoms with van der Waals surface area (Å²) in [5, 5.41) is 0.770. The Kier molecular flexibility index (Phi) is 5.86. The van der Waals surface area contributed by atoms with Crippen LogP contribution in [0.1, 0.15) is 57.7 Å². The molecular formula is C23H28ClN. The highest BCUT2D eigenvalue weighted by molar-refractivity contribution is 6.30. The quantitative estimate of drug-likeness (QED) is 0.582. The number of halogens is 1. The van der Waals surface area contributed by atoms with Crippen molar-refractivity contribution in [3.05, 3.63) is 58.8 Å². The third-order valence-corrected chi connectivity index (χ3v) is 5.71. The first-order valence-corrected chi connectivity index (χ1v) is 9.75. The average molecular weight is 354 g/mol. The van der Waals surface area contributed by atoms with E-state index in [0.717, 1.165) is 22.6 Å². The van der Waals surface area contributed by atoms with E-state index < -0.39 is 0 Å². The Morgan fingerprint density at radius 2 is 1.80 bits per heavy atom. The van der Waals surface area contributed by atoms with Gasteiger partial charge in [0.2, 0.25) is 0 Å². The monoisotopic (exact) mass is 353 g/mol. The molecule has 0 aliphatic heterocycles. The molecule has 25 heavy (non-hydrogen) atoms. The summed E-state index contributed by atoms with van der Waals surface area (Å²) in [6, 6.07) is 10.3. The Bertz CT molecular complexity index is 756. The van der Waals surface area contributed by atoms with Crippen LogP contribution < -0.4 is 0 Å². The minimum absolute atomic E-state index is 0.720. The normalized spacial score (nSPS) is 21.8. The van der Waals surface area contributed by atoms with Gasteiger partial charge in [0.15, 0.2) is 0 Å². The van der Waals surface area contributed by atoms with E-state index in [1.807, 2.05) is 12.1 Å². The van der Waals surface area contributed by atoms with E-state index >= 15 is 0 Å². The molecule has 0 radical (unpaired) electrons. The van der Waals surface area contributed by atoms with Gasteiger partial charge >= 0.3 is 0 Å². The lowest BCUT2D eigenvalue weighted by Crippen LogP contribution is -2.09. The molecule has 2 aromatic rings. The number of benzene rings is 1. The molecule has 1 fully saturated rings. The number of hydrogen-bond acceptors (Lipinski definition) is 0. The highest BCUT2D eigenvalue weighted by atomic mass is 35.5. The van der Waals surface area contributed by atoms with Crippen molar-refractivity contribution < 1.29 is 0 Å². The summed E-state index contributed by atoms with van der Waals surface area (Å²) in [4.78, 5) is 3.61. The van der Waals surface area contributed by atoms with Crippen molar-refractivity contribution in [2.24, 2.45) is 11.8 Å². The second kappa shape index (κ2) is 8.10. The van der Waals surface area contributed by atoms with Gasteiger partial charge in [-0.2, -0.15) is 0 Å². The Labute approximate surface area is 156 Å². The minimum Gasteiger partial charge on any atom is -0.355 e. The SMILES string of the molecule is CC=C(C)c1cc(-c2ccc(Cl)cc2)[nH]c1/C=C\C1CCC(C)CC1. The molecule has 0 bridgehead atoms. The summed E-state index contributed by atoms with van der Waals surface area (Å²) in [6.45, 7) is 6.64. The fourth-order valence-electron chi connectivity index (χ4n) is 3.58. The Balaban J connectivity index is 1.87. The molecule has 0 amide bonds. The maximum atomic E-state index is 6.02. The molecule has 1 N–H and O–H groups in total. The molecule has 0 spiro atoms. The molecule has 0 unspecified atom stereocenters. The number of allylic oxidation sites excluding steroid dienone is 3. The maximum absolute atomic E-state index is 6.02. The van der Waals surface area contributed by atoms with Gasteiger partial charge in [-0.15, -0.1) is 0 Å². The van der Waals surface area contributed by atoms with E-state index in [2.05, 4.69) is 62.2 Å². The summed E-state index contributed by atoms with van der Waals surface area (Å²) in [6.07, 6.45) is 12.2. The highest BCUT2D eigenvalue weighted by Gasteiger charge is 2.16. The highest BCUT2D eigenvalue weighted by Crippen LogP contribution is 2.32. The predicted octanol–water partition coefficient (Wildman–Crippen LogP) is 7.60.